The van der Waals surface area contributed by atoms with Crippen molar-refractivity contribution in [3.8, 4) is 5.75 Å². The predicted molar refractivity (Wildman–Crippen MR) is 65.3 cm³/mol. The van der Waals surface area contributed by atoms with E-state index in [4.69, 9.17) is 9.47 Å². The van der Waals surface area contributed by atoms with Crippen LogP contribution < -0.4 is 4.74 Å². The fourth-order valence-electron chi connectivity index (χ4n) is 1.60. The number of cyclic esters (lactones) is 1. The summed E-state index contributed by atoms with van der Waals surface area (Å²) in [5, 5.41) is 0. The highest BCUT2D eigenvalue weighted by Crippen LogP contribution is 2.31. The summed E-state index contributed by atoms with van der Waals surface area (Å²) < 4.78 is 10.3. The van der Waals surface area contributed by atoms with E-state index in [0.717, 1.165) is 0 Å². The van der Waals surface area contributed by atoms with Crippen molar-refractivity contribution in [1.82, 2.24) is 0 Å². The topological polar surface area (TPSA) is 52.6 Å². The average molecular weight is 248 g/mol. The Hall–Kier alpha value is -1.84. The van der Waals surface area contributed by atoms with Gasteiger partial charge in [0.05, 0.1) is 11.0 Å². The summed E-state index contributed by atoms with van der Waals surface area (Å²) in [6, 6.07) is 5.05. The second-order valence-electron chi connectivity index (χ2n) is 4.99. The number of hydrogen-bond acceptors (Lipinski definition) is 4. The number of hydrogen-bond donors (Lipinski definition) is 0. The van der Waals surface area contributed by atoms with Gasteiger partial charge in [-0.25, -0.2) is 4.79 Å². The van der Waals surface area contributed by atoms with Gasteiger partial charge in [-0.15, -0.1) is 0 Å². The Morgan fingerprint density at radius 3 is 2.83 bits per heavy atom. The van der Waals surface area contributed by atoms with Crippen molar-refractivity contribution in [3.63, 3.8) is 0 Å². The van der Waals surface area contributed by atoms with E-state index >= 15 is 0 Å². The van der Waals surface area contributed by atoms with Crippen molar-refractivity contribution < 1.29 is 19.1 Å². The maximum Gasteiger partial charge on any atom is 0.339 e. The van der Waals surface area contributed by atoms with Crippen LogP contribution in [0.25, 0.3) is 0 Å². The third-order valence-corrected chi connectivity index (χ3v) is 3.34. The zero-order valence-corrected chi connectivity index (χ0v) is 10.8. The molecule has 0 saturated carbocycles. The zero-order chi connectivity index (χ0) is 13.3. The molecule has 0 aliphatic carbocycles. The summed E-state index contributed by atoms with van der Waals surface area (Å²) >= 11 is 0. The Morgan fingerprint density at radius 2 is 2.17 bits per heavy atom. The molecule has 4 heteroatoms. The predicted octanol–water partition coefficient (Wildman–Crippen LogP) is 2.70. The Morgan fingerprint density at radius 1 is 1.44 bits per heavy atom. The first kappa shape index (κ1) is 12.6. The monoisotopic (exact) mass is 248 g/mol. The van der Waals surface area contributed by atoms with Crippen LogP contribution in [0.2, 0.25) is 0 Å². The molecule has 0 N–H and O–H groups in total. The lowest BCUT2D eigenvalue weighted by Gasteiger charge is -2.20. The molecule has 1 aromatic carbocycles. The molecule has 0 fully saturated rings. The first-order valence-corrected chi connectivity index (χ1v) is 5.97. The second kappa shape index (κ2) is 4.44. The molecule has 18 heavy (non-hydrogen) atoms. The molecule has 1 aromatic rings. The van der Waals surface area contributed by atoms with Gasteiger partial charge in [0.15, 0.2) is 0 Å². The van der Waals surface area contributed by atoms with E-state index in [2.05, 4.69) is 0 Å². The van der Waals surface area contributed by atoms with Crippen LogP contribution in [-0.4, -0.2) is 11.9 Å². The van der Waals surface area contributed by atoms with Gasteiger partial charge < -0.3 is 9.47 Å². The van der Waals surface area contributed by atoms with Gasteiger partial charge >= 0.3 is 11.9 Å². The lowest BCUT2D eigenvalue weighted by molar-refractivity contribution is -0.144. The van der Waals surface area contributed by atoms with E-state index in [-0.39, 0.29) is 18.5 Å². The molecule has 2 rings (SSSR count). The molecule has 0 aromatic heterocycles. The second-order valence-corrected chi connectivity index (χ2v) is 4.99. The van der Waals surface area contributed by atoms with Crippen LogP contribution in [-0.2, 0) is 16.1 Å². The van der Waals surface area contributed by atoms with Gasteiger partial charge in [0.25, 0.3) is 0 Å². The molecule has 1 aliphatic heterocycles. The fraction of sp³-hybridized carbons (Fsp3) is 0.429. The molecule has 0 unspecified atom stereocenters. The van der Waals surface area contributed by atoms with Crippen molar-refractivity contribution in [2.24, 2.45) is 5.41 Å². The molecule has 0 amide bonds. The molecular formula is C14H16O4. The average Bonchev–Trinajstić information content (AvgIpc) is 2.72. The van der Waals surface area contributed by atoms with E-state index in [9.17, 15) is 9.59 Å². The van der Waals surface area contributed by atoms with Gasteiger partial charge in [-0.05, 0) is 32.4 Å². The Labute approximate surface area is 106 Å². The summed E-state index contributed by atoms with van der Waals surface area (Å²) in [5.41, 5.74) is 0.601. The summed E-state index contributed by atoms with van der Waals surface area (Å²) in [5.74, 6) is -0.236. The number of carbonyl (C=O) groups excluding carboxylic acids is 2. The molecule has 0 spiro atoms. The highest BCUT2D eigenvalue weighted by Gasteiger charge is 2.30. The Kier molecular flexibility index (Phi) is 3.11. The van der Waals surface area contributed by atoms with Crippen molar-refractivity contribution >= 4 is 11.9 Å². The van der Waals surface area contributed by atoms with Crippen molar-refractivity contribution in [1.29, 1.82) is 0 Å². The summed E-state index contributed by atoms with van der Waals surface area (Å²) in [7, 11) is 0. The SMILES string of the molecule is CCC(C)(C)C(=O)Oc1cccc2c1COC2=O. The van der Waals surface area contributed by atoms with E-state index in [1.165, 1.54) is 0 Å². The van der Waals surface area contributed by atoms with Crippen LogP contribution in [0.3, 0.4) is 0 Å². The maximum atomic E-state index is 12.0. The normalized spacial score (nSPS) is 14.1. The minimum Gasteiger partial charge on any atom is -0.457 e. The van der Waals surface area contributed by atoms with E-state index in [0.29, 0.717) is 23.3 Å². The Balaban J connectivity index is 2.27. The smallest absolute Gasteiger partial charge is 0.339 e. The first-order valence-electron chi connectivity index (χ1n) is 5.97. The van der Waals surface area contributed by atoms with Crippen molar-refractivity contribution in [3.05, 3.63) is 29.3 Å². The number of rotatable bonds is 3. The third kappa shape index (κ3) is 2.10. The highest BCUT2D eigenvalue weighted by atomic mass is 16.6. The van der Waals surface area contributed by atoms with Crippen LogP contribution in [0.15, 0.2) is 18.2 Å². The third-order valence-electron chi connectivity index (χ3n) is 3.34. The highest BCUT2D eigenvalue weighted by molar-refractivity contribution is 5.94. The van der Waals surface area contributed by atoms with Gasteiger partial charge in [-0.1, -0.05) is 13.0 Å². The van der Waals surface area contributed by atoms with Crippen LogP contribution >= 0.6 is 0 Å². The van der Waals surface area contributed by atoms with E-state index < -0.39 is 5.41 Å². The number of benzene rings is 1. The van der Waals surface area contributed by atoms with Gasteiger partial charge in [-0.3, -0.25) is 4.79 Å². The van der Waals surface area contributed by atoms with Gasteiger partial charge in [0, 0.05) is 5.56 Å². The molecule has 0 radical (unpaired) electrons. The van der Waals surface area contributed by atoms with E-state index in [1.807, 2.05) is 20.8 Å². The number of esters is 2. The molecule has 0 saturated heterocycles. The molecule has 1 aliphatic rings. The van der Waals surface area contributed by atoms with Gasteiger partial charge in [0.1, 0.15) is 12.4 Å². The first-order chi connectivity index (χ1) is 8.45. The molecule has 0 bridgehead atoms. The van der Waals surface area contributed by atoms with Crippen LogP contribution in [0.5, 0.6) is 5.75 Å². The van der Waals surface area contributed by atoms with Crippen molar-refractivity contribution in [2.45, 2.75) is 33.8 Å². The van der Waals surface area contributed by atoms with Crippen LogP contribution in [0, 0.1) is 5.41 Å². The van der Waals surface area contributed by atoms with Crippen molar-refractivity contribution in [2.75, 3.05) is 0 Å². The van der Waals surface area contributed by atoms with Gasteiger partial charge in [0.2, 0.25) is 0 Å². The number of fused-ring (bicyclic) bond motifs is 1. The lowest BCUT2D eigenvalue weighted by atomic mass is 9.90. The van der Waals surface area contributed by atoms with Crippen LogP contribution in [0.4, 0.5) is 0 Å². The summed E-state index contributed by atoms with van der Waals surface area (Å²) in [6.07, 6.45) is 0.691. The Bertz CT molecular complexity index is 503. The fourth-order valence-corrected chi connectivity index (χ4v) is 1.60. The molecule has 96 valence electrons. The van der Waals surface area contributed by atoms with Crippen LogP contribution in [0.1, 0.15) is 43.1 Å². The molecular weight excluding hydrogens is 232 g/mol. The quantitative estimate of drug-likeness (QED) is 0.609. The summed E-state index contributed by atoms with van der Waals surface area (Å²) in [6.45, 7) is 5.77. The number of ether oxygens (including phenoxy) is 2. The molecule has 1 heterocycles. The zero-order valence-electron chi connectivity index (χ0n) is 10.8. The summed E-state index contributed by atoms with van der Waals surface area (Å²) in [4.78, 5) is 23.4. The van der Waals surface area contributed by atoms with Gasteiger partial charge in [-0.2, -0.15) is 0 Å². The van der Waals surface area contributed by atoms with E-state index in [1.54, 1.807) is 18.2 Å². The minimum atomic E-state index is -0.536. The molecule has 0 atom stereocenters. The largest absolute Gasteiger partial charge is 0.457 e. The standard InChI is InChI=1S/C14H16O4/c1-4-14(2,3)13(16)18-11-7-5-6-9-10(11)8-17-12(9)15/h5-7H,4,8H2,1-3H3. The lowest BCUT2D eigenvalue weighted by Crippen LogP contribution is -2.28. The minimum absolute atomic E-state index is 0.171. The molecule has 4 nitrogen and oxygen atoms in total. The number of carbonyl (C=O) groups is 2. The maximum absolute atomic E-state index is 12.0.